The number of benzene rings is 2. The first-order valence-electron chi connectivity index (χ1n) is 9.18. The zero-order valence-corrected chi connectivity index (χ0v) is 16.9. The van der Waals surface area contributed by atoms with Crippen molar-refractivity contribution in [2.45, 2.75) is 13.3 Å². The predicted molar refractivity (Wildman–Crippen MR) is 110 cm³/mol. The minimum Gasteiger partial charge on any atom is -0.322 e. The highest BCUT2D eigenvalue weighted by Crippen LogP contribution is 2.25. The highest BCUT2D eigenvalue weighted by Gasteiger charge is 2.18. The number of carbonyl (C=O) groups excluding carboxylic acids is 2. The van der Waals surface area contributed by atoms with Crippen LogP contribution in [0.1, 0.15) is 13.3 Å². The average Bonchev–Trinajstić information content (AvgIpc) is 3.10. The highest BCUT2D eigenvalue weighted by molar-refractivity contribution is 7.22. The van der Waals surface area contributed by atoms with Gasteiger partial charge in [-0.1, -0.05) is 30.4 Å². The Morgan fingerprint density at radius 2 is 1.70 bits per heavy atom. The molecule has 0 aliphatic heterocycles. The van der Waals surface area contributed by atoms with E-state index in [-0.39, 0.29) is 19.0 Å². The van der Waals surface area contributed by atoms with Crippen LogP contribution >= 0.6 is 11.3 Å². The molecule has 30 heavy (non-hydrogen) atoms. The van der Waals surface area contributed by atoms with Crippen molar-refractivity contribution >= 4 is 44.2 Å². The third kappa shape index (κ3) is 5.33. The van der Waals surface area contributed by atoms with Gasteiger partial charge in [-0.2, -0.15) is 0 Å². The summed E-state index contributed by atoms with van der Waals surface area (Å²) in [6, 6.07) is 9.13. The smallest absolute Gasteiger partial charge is 0.240 e. The Morgan fingerprint density at radius 1 is 1.00 bits per heavy atom. The first-order valence-corrected chi connectivity index (χ1v) is 10.00. The molecule has 0 unspecified atom stereocenters. The third-order valence-corrected chi connectivity index (χ3v) is 5.08. The molecule has 3 rings (SSSR count). The second-order valence-electron chi connectivity index (χ2n) is 6.52. The van der Waals surface area contributed by atoms with Crippen LogP contribution in [0.15, 0.2) is 36.4 Å². The normalized spacial score (nSPS) is 11.1. The van der Waals surface area contributed by atoms with Gasteiger partial charge in [-0.3, -0.25) is 14.5 Å². The van der Waals surface area contributed by atoms with E-state index in [4.69, 9.17) is 0 Å². The lowest BCUT2D eigenvalue weighted by molar-refractivity contribution is -0.120. The van der Waals surface area contributed by atoms with Gasteiger partial charge in [0.05, 0.1) is 29.0 Å². The van der Waals surface area contributed by atoms with Gasteiger partial charge in [0.25, 0.3) is 0 Å². The molecule has 3 aromatic rings. The van der Waals surface area contributed by atoms with E-state index in [1.165, 1.54) is 11.3 Å². The standard InChI is InChI=1S/C20H19F3N4O2S/c1-2-9-27(10-16(28)24-14-8-7-12(21)18(22)19(14)23)11-17(29)26-20-25-13-5-3-4-6-15(13)30-20/h3-8H,2,9-11H2,1H3,(H,24,28)(H,25,26,29). The van der Waals surface area contributed by atoms with Crippen molar-refractivity contribution < 1.29 is 22.8 Å². The Kier molecular flexibility index (Phi) is 7.01. The first-order chi connectivity index (χ1) is 14.4. The predicted octanol–water partition coefficient (Wildman–Crippen LogP) is 4.00. The Bertz CT molecular complexity index is 1040. The zero-order valence-electron chi connectivity index (χ0n) is 16.0. The van der Waals surface area contributed by atoms with E-state index in [1.54, 1.807) is 4.90 Å². The van der Waals surface area contributed by atoms with Crippen LogP contribution in [-0.2, 0) is 9.59 Å². The number of nitrogens with zero attached hydrogens (tertiary/aromatic N) is 2. The molecule has 0 radical (unpaired) electrons. The molecule has 6 nitrogen and oxygen atoms in total. The molecule has 0 atom stereocenters. The number of rotatable bonds is 8. The quantitative estimate of drug-likeness (QED) is 0.524. The molecular weight excluding hydrogens is 417 g/mol. The number of amides is 2. The molecule has 2 amide bonds. The molecule has 0 spiro atoms. The second-order valence-corrected chi connectivity index (χ2v) is 7.55. The van der Waals surface area contributed by atoms with Crippen LogP contribution in [0.2, 0.25) is 0 Å². The summed E-state index contributed by atoms with van der Waals surface area (Å²) in [6.45, 7) is 2.00. The molecular formula is C20H19F3N4O2S. The van der Waals surface area contributed by atoms with Gasteiger partial charge < -0.3 is 10.6 Å². The van der Waals surface area contributed by atoms with Crippen LogP contribution in [0.25, 0.3) is 10.2 Å². The molecule has 0 aliphatic rings. The fourth-order valence-electron chi connectivity index (χ4n) is 2.83. The number of thiazole rings is 1. The Labute approximate surface area is 174 Å². The van der Waals surface area contributed by atoms with Gasteiger partial charge in [0.2, 0.25) is 11.8 Å². The van der Waals surface area contributed by atoms with Gasteiger partial charge in [0, 0.05) is 0 Å². The topological polar surface area (TPSA) is 74.3 Å². The van der Waals surface area contributed by atoms with Crippen molar-refractivity contribution in [3.8, 4) is 0 Å². The van der Waals surface area contributed by atoms with Crippen LogP contribution in [0.3, 0.4) is 0 Å². The van der Waals surface area contributed by atoms with Crippen molar-refractivity contribution in [1.29, 1.82) is 0 Å². The Balaban J connectivity index is 1.60. The number of hydrogen-bond donors (Lipinski definition) is 2. The Morgan fingerprint density at radius 3 is 2.40 bits per heavy atom. The van der Waals surface area contributed by atoms with Gasteiger partial charge in [-0.25, -0.2) is 18.2 Å². The molecule has 1 heterocycles. The SMILES string of the molecule is CCCN(CC(=O)Nc1nc2ccccc2s1)CC(=O)Nc1ccc(F)c(F)c1F. The summed E-state index contributed by atoms with van der Waals surface area (Å²) in [7, 11) is 0. The van der Waals surface area contributed by atoms with Gasteiger partial charge >= 0.3 is 0 Å². The largest absolute Gasteiger partial charge is 0.322 e. The maximum atomic E-state index is 13.7. The lowest BCUT2D eigenvalue weighted by atomic mass is 10.2. The zero-order chi connectivity index (χ0) is 21.7. The summed E-state index contributed by atoms with van der Waals surface area (Å²) < 4.78 is 41.0. The second kappa shape index (κ2) is 9.68. The lowest BCUT2D eigenvalue weighted by Crippen LogP contribution is -2.39. The van der Waals surface area contributed by atoms with Crippen molar-refractivity contribution in [3.05, 3.63) is 53.8 Å². The lowest BCUT2D eigenvalue weighted by Gasteiger charge is -2.20. The van der Waals surface area contributed by atoms with E-state index >= 15 is 0 Å². The van der Waals surface area contributed by atoms with Gasteiger partial charge in [0.15, 0.2) is 22.6 Å². The van der Waals surface area contributed by atoms with E-state index < -0.39 is 29.0 Å². The summed E-state index contributed by atoms with van der Waals surface area (Å²) in [4.78, 5) is 30.5. The van der Waals surface area contributed by atoms with E-state index in [1.807, 2.05) is 31.2 Å². The number of aromatic nitrogens is 1. The van der Waals surface area contributed by atoms with Crippen LogP contribution in [0, 0.1) is 17.5 Å². The minimum atomic E-state index is -1.66. The van der Waals surface area contributed by atoms with Gasteiger partial charge in [-0.15, -0.1) is 0 Å². The molecule has 2 aromatic carbocycles. The van der Waals surface area contributed by atoms with Crippen LogP contribution < -0.4 is 10.6 Å². The fourth-order valence-corrected chi connectivity index (χ4v) is 3.72. The number of carbonyl (C=O) groups is 2. The molecule has 2 N–H and O–H groups in total. The number of anilines is 2. The summed E-state index contributed by atoms with van der Waals surface area (Å²) in [6.07, 6.45) is 0.668. The molecule has 0 bridgehead atoms. The number of nitrogens with one attached hydrogen (secondary N) is 2. The van der Waals surface area contributed by atoms with E-state index in [0.29, 0.717) is 18.1 Å². The maximum Gasteiger partial charge on any atom is 0.240 e. The number of para-hydroxylation sites is 1. The summed E-state index contributed by atoms with van der Waals surface area (Å²) in [5.74, 6) is -5.48. The average molecular weight is 436 g/mol. The molecule has 0 saturated heterocycles. The summed E-state index contributed by atoms with van der Waals surface area (Å²) in [5.41, 5.74) is 0.311. The molecule has 10 heteroatoms. The minimum absolute atomic E-state index is 0.0859. The molecule has 158 valence electrons. The van der Waals surface area contributed by atoms with E-state index in [0.717, 1.165) is 22.3 Å². The van der Waals surface area contributed by atoms with Crippen LogP contribution in [0.5, 0.6) is 0 Å². The number of halogens is 3. The fraction of sp³-hybridized carbons (Fsp3) is 0.250. The van der Waals surface area contributed by atoms with Crippen molar-refractivity contribution in [2.75, 3.05) is 30.3 Å². The number of fused-ring (bicyclic) bond motifs is 1. The van der Waals surface area contributed by atoms with Crippen LogP contribution in [0.4, 0.5) is 24.0 Å². The molecule has 0 saturated carbocycles. The highest BCUT2D eigenvalue weighted by atomic mass is 32.1. The van der Waals surface area contributed by atoms with Crippen LogP contribution in [-0.4, -0.2) is 41.3 Å². The summed E-state index contributed by atoms with van der Waals surface area (Å²) in [5, 5.41) is 5.36. The summed E-state index contributed by atoms with van der Waals surface area (Å²) >= 11 is 1.34. The Hall–Kier alpha value is -2.98. The maximum absolute atomic E-state index is 13.7. The van der Waals surface area contributed by atoms with Gasteiger partial charge in [0.1, 0.15) is 0 Å². The molecule has 0 fully saturated rings. The molecule has 1 aromatic heterocycles. The van der Waals surface area contributed by atoms with Crippen molar-refractivity contribution in [3.63, 3.8) is 0 Å². The van der Waals surface area contributed by atoms with E-state index in [2.05, 4.69) is 15.6 Å². The van der Waals surface area contributed by atoms with E-state index in [9.17, 15) is 22.8 Å². The van der Waals surface area contributed by atoms with Gasteiger partial charge in [-0.05, 0) is 37.2 Å². The monoisotopic (exact) mass is 436 g/mol. The molecule has 0 aliphatic carbocycles. The third-order valence-electron chi connectivity index (χ3n) is 4.12. The van der Waals surface area contributed by atoms with Crippen molar-refractivity contribution in [2.24, 2.45) is 0 Å². The van der Waals surface area contributed by atoms with Crippen molar-refractivity contribution in [1.82, 2.24) is 9.88 Å². The number of hydrogen-bond acceptors (Lipinski definition) is 5. The first kappa shape index (κ1) is 21.7.